The molecule has 0 saturated carbocycles. The van der Waals surface area contributed by atoms with E-state index in [1.54, 1.807) is 24.7 Å². The number of rotatable bonds is 2. The average Bonchev–Trinajstić information content (AvgIpc) is 2.20. The van der Waals surface area contributed by atoms with Gasteiger partial charge in [0.2, 0.25) is 0 Å². The van der Waals surface area contributed by atoms with Crippen molar-refractivity contribution in [1.29, 1.82) is 0 Å². The summed E-state index contributed by atoms with van der Waals surface area (Å²) in [7, 11) is 4.33. The molecule has 0 aliphatic heterocycles. The molecule has 4 heteroatoms. The third-order valence-electron chi connectivity index (χ3n) is 1.15. The monoisotopic (exact) mass is 226 g/mol. The van der Waals surface area contributed by atoms with Gasteiger partial charge in [0.05, 0.1) is 0 Å². The number of benzene rings is 1. The third-order valence-corrected chi connectivity index (χ3v) is 1.15. The van der Waals surface area contributed by atoms with Crippen LogP contribution in [0.15, 0.2) is 24.3 Å². The van der Waals surface area contributed by atoms with E-state index in [1.807, 2.05) is 0 Å². The summed E-state index contributed by atoms with van der Waals surface area (Å²) in [6.45, 7) is 0. The molecule has 0 atom stereocenters. The number of halogens is 1. The molecular formula is C8H4ClCoO2. The van der Waals surface area contributed by atoms with E-state index >= 15 is 0 Å². The van der Waals surface area contributed by atoms with Gasteiger partial charge in [0, 0.05) is 0 Å². The van der Waals surface area contributed by atoms with Gasteiger partial charge < -0.3 is 9.59 Å². The summed E-state index contributed by atoms with van der Waals surface area (Å²) in [5.41, 5.74) is 0.523. The molecule has 1 aromatic rings. The van der Waals surface area contributed by atoms with Crippen molar-refractivity contribution in [3.8, 4) is 0 Å². The fourth-order valence-electron chi connectivity index (χ4n) is 0.661. The third kappa shape index (κ3) is 3.17. The van der Waals surface area contributed by atoms with Crippen molar-refractivity contribution >= 4 is 22.7 Å². The predicted octanol–water partition coefficient (Wildman–Crippen LogP) is 1.29. The van der Waals surface area contributed by atoms with E-state index in [0.29, 0.717) is 0 Å². The van der Waals surface area contributed by atoms with E-state index in [1.165, 1.54) is 12.1 Å². The molecule has 0 bridgehead atoms. The Labute approximate surface area is 82.8 Å². The van der Waals surface area contributed by atoms with Gasteiger partial charge in [-0.15, -0.1) is 12.1 Å². The van der Waals surface area contributed by atoms with Crippen LogP contribution in [-0.4, -0.2) is 12.6 Å². The summed E-state index contributed by atoms with van der Waals surface area (Å²) in [4.78, 5) is 20.2. The first kappa shape index (κ1) is 11.4. The van der Waals surface area contributed by atoms with Crippen LogP contribution in [0.3, 0.4) is 0 Å². The molecule has 1 rings (SSSR count). The normalized spacial score (nSPS) is 7.83. The SMILES string of the molecule is O=[C-]c1ccccc1[C-]=O.[Cl][Co+2]. The van der Waals surface area contributed by atoms with Crippen LogP contribution in [0, 0.1) is 0 Å². The Bertz CT molecular complexity index is 236. The summed E-state index contributed by atoms with van der Waals surface area (Å²) in [5.74, 6) is 0. The Kier molecular flexibility index (Phi) is 6.65. The van der Waals surface area contributed by atoms with Gasteiger partial charge in [-0.05, 0) is 12.6 Å². The van der Waals surface area contributed by atoms with Gasteiger partial charge in [-0.3, -0.25) is 11.1 Å². The molecule has 0 N–H and O–H groups in total. The topological polar surface area (TPSA) is 34.1 Å². The van der Waals surface area contributed by atoms with Gasteiger partial charge in [0.15, 0.2) is 0 Å². The fourth-order valence-corrected chi connectivity index (χ4v) is 0.661. The van der Waals surface area contributed by atoms with Crippen molar-refractivity contribution in [3.63, 3.8) is 0 Å². The van der Waals surface area contributed by atoms with Crippen molar-refractivity contribution < 1.29 is 24.4 Å². The molecule has 0 aliphatic carbocycles. The summed E-state index contributed by atoms with van der Waals surface area (Å²) in [5, 5.41) is 0. The van der Waals surface area contributed by atoms with Crippen LogP contribution in [0.1, 0.15) is 11.1 Å². The van der Waals surface area contributed by atoms with Crippen molar-refractivity contribution in [1.82, 2.24) is 0 Å². The number of carbonyl (C=O) groups excluding carboxylic acids is 2. The molecule has 0 unspecified atom stereocenters. The molecule has 0 aromatic heterocycles. The van der Waals surface area contributed by atoms with Crippen molar-refractivity contribution in [3.05, 3.63) is 35.4 Å². The molecule has 0 amide bonds. The van der Waals surface area contributed by atoms with Crippen molar-refractivity contribution in [2.75, 3.05) is 0 Å². The minimum absolute atomic E-state index is 0.262. The Hall–Kier alpha value is -0.644. The maximum atomic E-state index is 10.1. The molecule has 1 aromatic carbocycles. The zero-order valence-corrected chi connectivity index (χ0v) is 7.63. The van der Waals surface area contributed by atoms with E-state index in [9.17, 15) is 9.59 Å². The maximum absolute atomic E-state index is 10.1. The second kappa shape index (κ2) is 7.03. The molecular weight excluding hydrogens is 222 g/mol. The first-order valence-corrected chi connectivity index (χ1v) is 4.29. The van der Waals surface area contributed by atoms with Crippen LogP contribution in [0.2, 0.25) is 0 Å². The zero-order chi connectivity index (χ0) is 9.40. The summed E-state index contributed by atoms with van der Waals surface area (Å²) in [6.07, 6.45) is 3.27. The first-order chi connectivity index (χ1) is 5.88. The first-order valence-electron chi connectivity index (χ1n) is 2.86. The van der Waals surface area contributed by atoms with Crippen molar-refractivity contribution in [2.45, 2.75) is 0 Å². The van der Waals surface area contributed by atoms with E-state index in [0.717, 1.165) is 0 Å². The second-order valence-corrected chi connectivity index (χ2v) is 1.75. The molecule has 0 spiro atoms. The van der Waals surface area contributed by atoms with E-state index in [4.69, 9.17) is 0 Å². The summed E-state index contributed by atoms with van der Waals surface area (Å²) >= 11 is 3.03. The second-order valence-electron chi connectivity index (χ2n) is 1.75. The van der Waals surface area contributed by atoms with Gasteiger partial charge in [-0.2, -0.15) is 0 Å². The van der Waals surface area contributed by atoms with Crippen LogP contribution in [0.25, 0.3) is 0 Å². The Morgan fingerprint density at radius 1 is 1.00 bits per heavy atom. The van der Waals surface area contributed by atoms with Gasteiger partial charge in [-0.1, -0.05) is 0 Å². The number of hydrogen-bond acceptors (Lipinski definition) is 2. The van der Waals surface area contributed by atoms with E-state index in [2.05, 4.69) is 25.0 Å². The molecule has 0 aliphatic rings. The van der Waals surface area contributed by atoms with E-state index < -0.39 is 0 Å². The fraction of sp³-hybridized carbons (Fsp3) is 0. The summed E-state index contributed by atoms with van der Waals surface area (Å²) < 4.78 is 0. The molecule has 64 valence electrons. The van der Waals surface area contributed by atoms with Crippen LogP contribution in [-0.2, 0) is 24.4 Å². The minimum atomic E-state index is 0.262. The van der Waals surface area contributed by atoms with Crippen LogP contribution >= 0.6 is 10.1 Å². The quantitative estimate of drug-likeness (QED) is 0.712. The predicted molar refractivity (Wildman–Crippen MR) is 41.9 cm³/mol. The van der Waals surface area contributed by atoms with Gasteiger partial charge >= 0.3 is 25.0 Å². The summed E-state index contributed by atoms with van der Waals surface area (Å²) in [6, 6.07) is 6.38. The average molecular weight is 227 g/mol. The molecule has 12 heavy (non-hydrogen) atoms. The van der Waals surface area contributed by atoms with Gasteiger partial charge in [0.1, 0.15) is 0 Å². The molecule has 0 saturated heterocycles. The van der Waals surface area contributed by atoms with Crippen molar-refractivity contribution in [2.24, 2.45) is 0 Å². The molecule has 0 fully saturated rings. The van der Waals surface area contributed by atoms with E-state index in [-0.39, 0.29) is 11.1 Å². The Morgan fingerprint density at radius 3 is 1.58 bits per heavy atom. The zero-order valence-electron chi connectivity index (χ0n) is 5.84. The van der Waals surface area contributed by atoms with Gasteiger partial charge in [-0.25, -0.2) is 12.1 Å². The van der Waals surface area contributed by atoms with Gasteiger partial charge in [0.25, 0.3) is 0 Å². The standard InChI is InChI=1S/C8H4O2.ClH.Co/c9-5-7-3-1-2-4-8(7)6-10;;/h1-4H;1H;/q-2;;+3/p-1. The van der Waals surface area contributed by atoms with Crippen LogP contribution in [0.5, 0.6) is 0 Å². The Morgan fingerprint density at radius 2 is 1.33 bits per heavy atom. The molecule has 0 heterocycles. The number of hydrogen-bond donors (Lipinski definition) is 0. The van der Waals surface area contributed by atoms with Crippen LogP contribution < -0.4 is 0 Å². The Balaban J connectivity index is 0.000000561. The molecule has 2 nitrogen and oxygen atoms in total. The van der Waals surface area contributed by atoms with Crippen LogP contribution in [0.4, 0.5) is 0 Å². The molecule has 0 radical (unpaired) electrons.